The van der Waals surface area contributed by atoms with Crippen LogP contribution in [-0.2, 0) is 0 Å². The summed E-state index contributed by atoms with van der Waals surface area (Å²) in [6, 6.07) is 4.13. The van der Waals surface area contributed by atoms with Gasteiger partial charge in [0.25, 0.3) is 0 Å². The summed E-state index contributed by atoms with van der Waals surface area (Å²) in [5, 5.41) is 26.6. The van der Waals surface area contributed by atoms with Gasteiger partial charge >= 0.3 is 13.1 Å². The predicted molar refractivity (Wildman–Crippen MR) is 49.8 cm³/mol. The maximum absolute atomic E-state index is 10.7. The standard InChI is InChI=1S/C8H9BO5/c1-14-7-5(8(10)11)3-2-4-6(7)9(12)13/h2-4,12-13H,1H3,(H,10,11). The Morgan fingerprint density at radius 3 is 2.50 bits per heavy atom. The molecule has 0 spiro atoms. The van der Waals surface area contributed by atoms with Gasteiger partial charge in [-0.15, -0.1) is 0 Å². The van der Waals surface area contributed by atoms with Crippen molar-refractivity contribution in [3.05, 3.63) is 23.8 Å². The summed E-state index contributed by atoms with van der Waals surface area (Å²) in [7, 11) is -0.475. The number of carbonyl (C=O) groups is 1. The fourth-order valence-electron chi connectivity index (χ4n) is 1.15. The van der Waals surface area contributed by atoms with Crippen molar-refractivity contribution in [3.63, 3.8) is 0 Å². The third-order valence-corrected chi connectivity index (χ3v) is 1.76. The molecule has 0 aromatic heterocycles. The number of aromatic carboxylic acids is 1. The summed E-state index contributed by atoms with van der Waals surface area (Å²) in [5.74, 6) is -1.21. The maximum Gasteiger partial charge on any atom is 0.492 e. The number of para-hydroxylation sites is 1. The molecule has 14 heavy (non-hydrogen) atoms. The van der Waals surface area contributed by atoms with Crippen molar-refractivity contribution in [3.8, 4) is 5.75 Å². The second kappa shape index (κ2) is 4.12. The first-order chi connectivity index (χ1) is 6.57. The molecule has 0 saturated carbocycles. The molecule has 0 bridgehead atoms. The van der Waals surface area contributed by atoms with E-state index in [2.05, 4.69) is 0 Å². The molecule has 0 atom stereocenters. The molecule has 1 rings (SSSR count). The number of ether oxygens (including phenoxy) is 1. The molecule has 0 aliphatic carbocycles. The van der Waals surface area contributed by atoms with Crippen molar-refractivity contribution < 1.29 is 24.7 Å². The first-order valence-corrected chi connectivity index (χ1v) is 3.84. The van der Waals surface area contributed by atoms with Gasteiger partial charge in [0.2, 0.25) is 0 Å². The third kappa shape index (κ3) is 1.86. The highest BCUT2D eigenvalue weighted by Gasteiger charge is 2.21. The van der Waals surface area contributed by atoms with E-state index in [4.69, 9.17) is 19.9 Å². The Bertz CT molecular complexity index is 350. The smallest absolute Gasteiger partial charge is 0.492 e. The van der Waals surface area contributed by atoms with Crippen LogP contribution >= 0.6 is 0 Å². The van der Waals surface area contributed by atoms with Gasteiger partial charge in [-0.25, -0.2) is 4.79 Å². The van der Waals surface area contributed by atoms with Crippen LogP contribution in [0.25, 0.3) is 0 Å². The largest absolute Gasteiger partial charge is 0.496 e. The van der Waals surface area contributed by atoms with Gasteiger partial charge in [0, 0.05) is 5.46 Å². The summed E-state index contributed by atoms with van der Waals surface area (Å²) in [4.78, 5) is 10.7. The molecule has 0 heterocycles. The van der Waals surface area contributed by atoms with Gasteiger partial charge in [-0.05, 0) is 6.07 Å². The molecule has 1 aromatic carbocycles. The van der Waals surface area contributed by atoms with E-state index in [0.717, 1.165) is 0 Å². The Morgan fingerprint density at radius 1 is 1.43 bits per heavy atom. The lowest BCUT2D eigenvalue weighted by molar-refractivity contribution is 0.0693. The van der Waals surface area contributed by atoms with Gasteiger partial charge in [0.1, 0.15) is 11.3 Å². The average molecular weight is 196 g/mol. The molecule has 0 aliphatic heterocycles. The fraction of sp³-hybridized carbons (Fsp3) is 0.125. The van der Waals surface area contributed by atoms with Crippen LogP contribution in [-0.4, -0.2) is 35.4 Å². The second-order valence-electron chi connectivity index (χ2n) is 2.61. The number of carboxylic acid groups (broad SMARTS) is 1. The Labute approximate surface area is 80.7 Å². The van der Waals surface area contributed by atoms with Crippen LogP contribution in [0.4, 0.5) is 0 Å². The highest BCUT2D eigenvalue weighted by Crippen LogP contribution is 2.15. The number of hydrogen-bond donors (Lipinski definition) is 3. The first-order valence-electron chi connectivity index (χ1n) is 3.84. The van der Waals surface area contributed by atoms with Crippen molar-refractivity contribution in [1.82, 2.24) is 0 Å². The normalized spacial score (nSPS) is 9.64. The van der Waals surface area contributed by atoms with Crippen LogP contribution in [0.3, 0.4) is 0 Å². The van der Waals surface area contributed by atoms with Crippen LogP contribution in [0, 0.1) is 0 Å². The molecule has 0 fully saturated rings. The van der Waals surface area contributed by atoms with E-state index in [1.165, 1.54) is 25.3 Å². The number of benzene rings is 1. The van der Waals surface area contributed by atoms with Crippen LogP contribution < -0.4 is 10.2 Å². The van der Waals surface area contributed by atoms with Gasteiger partial charge in [0.05, 0.1) is 7.11 Å². The van der Waals surface area contributed by atoms with Crippen LogP contribution in [0.15, 0.2) is 18.2 Å². The minimum Gasteiger partial charge on any atom is -0.496 e. The highest BCUT2D eigenvalue weighted by molar-refractivity contribution is 6.60. The molecular formula is C8H9BO5. The Morgan fingerprint density at radius 2 is 2.07 bits per heavy atom. The Balaban J connectivity index is 3.32. The minimum atomic E-state index is -1.75. The van der Waals surface area contributed by atoms with Crippen LogP contribution in [0.5, 0.6) is 5.75 Å². The summed E-state index contributed by atoms with van der Waals surface area (Å²) in [5.41, 5.74) is -0.0644. The molecule has 0 amide bonds. The van der Waals surface area contributed by atoms with Gasteiger partial charge in [-0.1, -0.05) is 12.1 Å². The van der Waals surface area contributed by atoms with E-state index in [0.29, 0.717) is 0 Å². The molecule has 6 heteroatoms. The lowest BCUT2D eigenvalue weighted by atomic mass is 9.78. The van der Waals surface area contributed by atoms with Gasteiger partial charge in [-0.2, -0.15) is 0 Å². The lowest BCUT2D eigenvalue weighted by Gasteiger charge is -2.09. The zero-order valence-corrected chi connectivity index (χ0v) is 7.47. The molecule has 74 valence electrons. The lowest BCUT2D eigenvalue weighted by Crippen LogP contribution is -2.32. The fourth-order valence-corrected chi connectivity index (χ4v) is 1.15. The Hall–Kier alpha value is -1.53. The van der Waals surface area contributed by atoms with E-state index in [9.17, 15) is 4.79 Å². The molecular weight excluding hydrogens is 187 g/mol. The summed E-state index contributed by atoms with van der Waals surface area (Å²) in [6.45, 7) is 0. The monoisotopic (exact) mass is 196 g/mol. The summed E-state index contributed by atoms with van der Waals surface area (Å²) < 4.78 is 4.80. The zero-order valence-electron chi connectivity index (χ0n) is 7.47. The third-order valence-electron chi connectivity index (χ3n) is 1.76. The Kier molecular flexibility index (Phi) is 3.11. The van der Waals surface area contributed by atoms with Crippen LogP contribution in [0.1, 0.15) is 10.4 Å². The second-order valence-corrected chi connectivity index (χ2v) is 2.61. The summed E-state index contributed by atoms with van der Waals surface area (Å²) >= 11 is 0. The van der Waals surface area contributed by atoms with Gasteiger partial charge in [0.15, 0.2) is 0 Å². The van der Waals surface area contributed by atoms with Gasteiger partial charge < -0.3 is 19.9 Å². The number of carboxylic acids is 1. The van der Waals surface area contributed by atoms with Crippen molar-refractivity contribution in [2.45, 2.75) is 0 Å². The summed E-state index contributed by atoms with van der Waals surface area (Å²) in [6.07, 6.45) is 0. The number of rotatable bonds is 3. The van der Waals surface area contributed by atoms with E-state index >= 15 is 0 Å². The number of hydrogen-bond acceptors (Lipinski definition) is 4. The van der Waals surface area contributed by atoms with Crippen molar-refractivity contribution >= 4 is 18.6 Å². The van der Waals surface area contributed by atoms with Crippen molar-refractivity contribution in [2.75, 3.05) is 7.11 Å². The number of methoxy groups -OCH3 is 1. The molecule has 0 saturated heterocycles. The topological polar surface area (TPSA) is 87.0 Å². The molecule has 0 unspecified atom stereocenters. The van der Waals surface area contributed by atoms with E-state index in [-0.39, 0.29) is 16.8 Å². The molecule has 0 radical (unpaired) electrons. The van der Waals surface area contributed by atoms with Gasteiger partial charge in [-0.3, -0.25) is 0 Å². The molecule has 1 aromatic rings. The van der Waals surface area contributed by atoms with E-state index < -0.39 is 13.1 Å². The van der Waals surface area contributed by atoms with E-state index in [1.807, 2.05) is 0 Å². The zero-order chi connectivity index (χ0) is 10.7. The maximum atomic E-state index is 10.7. The first kappa shape index (κ1) is 10.6. The average Bonchev–Trinajstić information content (AvgIpc) is 2.16. The predicted octanol–water partition coefficient (Wildman–Crippen LogP) is -0.927. The van der Waals surface area contributed by atoms with Crippen molar-refractivity contribution in [2.24, 2.45) is 0 Å². The molecule has 5 nitrogen and oxygen atoms in total. The minimum absolute atomic E-state index is 0.0324. The SMILES string of the molecule is COc1c(B(O)O)cccc1C(=O)O. The van der Waals surface area contributed by atoms with Crippen molar-refractivity contribution in [1.29, 1.82) is 0 Å². The van der Waals surface area contributed by atoms with E-state index in [1.54, 1.807) is 0 Å². The highest BCUT2D eigenvalue weighted by atomic mass is 16.5. The quantitative estimate of drug-likeness (QED) is 0.543. The molecule has 3 N–H and O–H groups in total. The molecule has 0 aliphatic rings. The van der Waals surface area contributed by atoms with Crippen LogP contribution in [0.2, 0.25) is 0 Å².